The van der Waals surface area contributed by atoms with Crippen molar-refractivity contribution in [3.8, 4) is 5.75 Å². The van der Waals surface area contributed by atoms with Gasteiger partial charge in [0.15, 0.2) is 12.4 Å². The standard InChI is InChI=1S/C26H31N3O3/c1-26(2)19(15-24(26)27-25(30)18-31-22-12-8-5-9-13-22)14-20-16-23(32-28-20)17-29(3)21-10-6-4-7-11-21/h4-13,16,19,24H,14-15,17-18H2,1-3H3,(H,27,30). The minimum atomic E-state index is -0.0851. The van der Waals surface area contributed by atoms with E-state index in [4.69, 9.17) is 9.26 Å². The van der Waals surface area contributed by atoms with E-state index in [0.29, 0.717) is 18.2 Å². The van der Waals surface area contributed by atoms with Crippen molar-refractivity contribution in [1.29, 1.82) is 0 Å². The Labute approximate surface area is 189 Å². The molecule has 6 heteroatoms. The van der Waals surface area contributed by atoms with Crippen molar-refractivity contribution in [2.75, 3.05) is 18.6 Å². The highest BCUT2D eigenvalue weighted by atomic mass is 16.5. The molecule has 2 aromatic carbocycles. The SMILES string of the molecule is CN(Cc1cc(CC2CC(NC(=O)COc3ccccc3)C2(C)C)no1)c1ccccc1. The van der Waals surface area contributed by atoms with Crippen molar-refractivity contribution < 1.29 is 14.1 Å². The van der Waals surface area contributed by atoms with Crippen molar-refractivity contribution in [3.05, 3.63) is 78.2 Å². The maximum Gasteiger partial charge on any atom is 0.258 e. The van der Waals surface area contributed by atoms with E-state index in [-0.39, 0.29) is 24.0 Å². The first-order valence-electron chi connectivity index (χ1n) is 11.1. The van der Waals surface area contributed by atoms with Crippen LogP contribution in [0.5, 0.6) is 5.75 Å². The smallest absolute Gasteiger partial charge is 0.258 e. The maximum atomic E-state index is 12.3. The minimum absolute atomic E-state index is 0.0116. The molecule has 32 heavy (non-hydrogen) atoms. The maximum absolute atomic E-state index is 12.3. The first-order chi connectivity index (χ1) is 15.4. The summed E-state index contributed by atoms with van der Waals surface area (Å²) < 4.78 is 11.1. The van der Waals surface area contributed by atoms with Crippen LogP contribution in [0.25, 0.3) is 0 Å². The molecular weight excluding hydrogens is 402 g/mol. The Hall–Kier alpha value is -3.28. The molecule has 0 bridgehead atoms. The van der Waals surface area contributed by atoms with Gasteiger partial charge in [0.25, 0.3) is 5.91 Å². The largest absolute Gasteiger partial charge is 0.484 e. The third-order valence-corrected chi connectivity index (χ3v) is 6.57. The first-order valence-corrected chi connectivity index (χ1v) is 11.1. The number of rotatable bonds is 9. The Morgan fingerprint density at radius 1 is 1.16 bits per heavy atom. The number of aromatic nitrogens is 1. The van der Waals surface area contributed by atoms with Gasteiger partial charge >= 0.3 is 0 Å². The fourth-order valence-electron chi connectivity index (χ4n) is 4.30. The monoisotopic (exact) mass is 433 g/mol. The van der Waals surface area contributed by atoms with Gasteiger partial charge in [-0.05, 0) is 48.4 Å². The van der Waals surface area contributed by atoms with Gasteiger partial charge in [0, 0.05) is 24.8 Å². The highest BCUT2D eigenvalue weighted by Crippen LogP contribution is 2.47. The molecule has 1 aliphatic carbocycles. The van der Waals surface area contributed by atoms with Crippen molar-refractivity contribution in [2.45, 2.75) is 39.3 Å². The van der Waals surface area contributed by atoms with Crippen molar-refractivity contribution >= 4 is 11.6 Å². The molecule has 0 saturated heterocycles. The number of ether oxygens (including phenoxy) is 1. The van der Waals surface area contributed by atoms with Crippen LogP contribution in [0.2, 0.25) is 0 Å². The Kier molecular flexibility index (Phi) is 6.49. The number of hydrogen-bond donors (Lipinski definition) is 1. The van der Waals surface area contributed by atoms with Crippen molar-refractivity contribution in [1.82, 2.24) is 10.5 Å². The zero-order valence-corrected chi connectivity index (χ0v) is 19.0. The van der Waals surface area contributed by atoms with Crippen LogP contribution in [-0.2, 0) is 17.8 Å². The molecule has 1 N–H and O–H groups in total. The normalized spacial score (nSPS) is 19.1. The van der Waals surface area contributed by atoms with Crippen LogP contribution in [0.1, 0.15) is 31.7 Å². The second-order valence-electron chi connectivity index (χ2n) is 9.16. The first kappa shape index (κ1) is 21.9. The van der Waals surface area contributed by atoms with E-state index in [0.717, 1.165) is 30.0 Å². The highest BCUT2D eigenvalue weighted by molar-refractivity contribution is 5.78. The van der Waals surface area contributed by atoms with E-state index in [1.165, 1.54) is 0 Å². The summed E-state index contributed by atoms with van der Waals surface area (Å²) >= 11 is 0. The summed E-state index contributed by atoms with van der Waals surface area (Å²) in [6.45, 7) is 5.11. The van der Waals surface area contributed by atoms with E-state index in [2.05, 4.69) is 47.4 Å². The molecule has 1 aromatic heterocycles. The predicted molar refractivity (Wildman–Crippen MR) is 125 cm³/mol. The Morgan fingerprint density at radius 3 is 2.53 bits per heavy atom. The van der Waals surface area contributed by atoms with Crippen molar-refractivity contribution in [2.24, 2.45) is 11.3 Å². The van der Waals surface area contributed by atoms with Gasteiger partial charge in [0.1, 0.15) is 5.75 Å². The number of benzene rings is 2. The number of nitrogens with zero attached hydrogens (tertiary/aromatic N) is 2. The van der Waals surface area contributed by atoms with E-state index < -0.39 is 0 Å². The second kappa shape index (κ2) is 9.47. The fraction of sp³-hybridized carbons (Fsp3) is 0.385. The van der Waals surface area contributed by atoms with Gasteiger partial charge in [-0.3, -0.25) is 4.79 Å². The van der Waals surface area contributed by atoms with E-state index in [1.807, 2.05) is 55.6 Å². The second-order valence-corrected chi connectivity index (χ2v) is 9.16. The summed E-state index contributed by atoms with van der Waals surface area (Å²) in [7, 11) is 2.04. The van der Waals surface area contributed by atoms with Crippen LogP contribution < -0.4 is 15.0 Å². The zero-order chi connectivity index (χ0) is 22.6. The molecule has 6 nitrogen and oxygen atoms in total. The summed E-state index contributed by atoms with van der Waals surface area (Å²) in [5, 5.41) is 7.42. The number of nitrogens with one attached hydrogen (secondary N) is 1. The van der Waals surface area contributed by atoms with Gasteiger partial charge in [-0.2, -0.15) is 0 Å². The number of amides is 1. The molecule has 1 fully saturated rings. The molecule has 4 rings (SSSR count). The van der Waals surface area contributed by atoms with Crippen LogP contribution in [0.3, 0.4) is 0 Å². The Bertz CT molecular complexity index is 1020. The summed E-state index contributed by atoms with van der Waals surface area (Å²) in [5.41, 5.74) is 2.10. The summed E-state index contributed by atoms with van der Waals surface area (Å²) in [4.78, 5) is 14.5. The van der Waals surface area contributed by atoms with Gasteiger partial charge in [0.2, 0.25) is 0 Å². The lowest BCUT2D eigenvalue weighted by Gasteiger charge is -2.52. The topological polar surface area (TPSA) is 67.6 Å². The molecule has 0 radical (unpaired) electrons. The number of carbonyl (C=O) groups excluding carboxylic acids is 1. The predicted octanol–water partition coefficient (Wildman–Crippen LogP) is 4.46. The average Bonchev–Trinajstić information content (AvgIpc) is 3.25. The minimum Gasteiger partial charge on any atom is -0.484 e. The summed E-state index contributed by atoms with van der Waals surface area (Å²) in [5.74, 6) is 1.91. The van der Waals surface area contributed by atoms with Crippen LogP contribution in [0.15, 0.2) is 71.3 Å². The van der Waals surface area contributed by atoms with E-state index >= 15 is 0 Å². The zero-order valence-electron chi connectivity index (χ0n) is 19.0. The molecule has 1 heterocycles. The lowest BCUT2D eigenvalue weighted by molar-refractivity contribution is -0.127. The number of carbonyl (C=O) groups is 1. The lowest BCUT2D eigenvalue weighted by Crippen LogP contribution is -2.59. The van der Waals surface area contributed by atoms with E-state index in [1.54, 1.807) is 0 Å². The third-order valence-electron chi connectivity index (χ3n) is 6.57. The molecule has 0 aliphatic heterocycles. The van der Waals surface area contributed by atoms with Crippen LogP contribution in [0.4, 0.5) is 5.69 Å². The van der Waals surface area contributed by atoms with Crippen molar-refractivity contribution in [3.63, 3.8) is 0 Å². The summed E-state index contributed by atoms with van der Waals surface area (Å²) in [6.07, 6.45) is 1.77. The number of anilines is 1. The van der Waals surface area contributed by atoms with Crippen LogP contribution in [0, 0.1) is 11.3 Å². The fourth-order valence-corrected chi connectivity index (χ4v) is 4.30. The molecule has 3 aromatic rings. The lowest BCUT2D eigenvalue weighted by atomic mass is 9.57. The Morgan fingerprint density at radius 2 is 1.84 bits per heavy atom. The average molecular weight is 434 g/mol. The molecule has 2 unspecified atom stereocenters. The molecule has 0 spiro atoms. The third kappa shape index (κ3) is 5.13. The quantitative estimate of drug-likeness (QED) is 0.540. The summed E-state index contributed by atoms with van der Waals surface area (Å²) in [6, 6.07) is 21.8. The number of hydrogen-bond acceptors (Lipinski definition) is 5. The van der Waals surface area contributed by atoms with Crippen LogP contribution in [-0.4, -0.2) is 30.8 Å². The molecule has 1 aliphatic rings. The molecule has 168 valence electrons. The highest BCUT2D eigenvalue weighted by Gasteiger charge is 2.48. The molecular formula is C26H31N3O3. The molecule has 1 amide bonds. The van der Waals surface area contributed by atoms with Gasteiger partial charge in [-0.1, -0.05) is 55.4 Å². The Balaban J connectivity index is 1.25. The van der Waals surface area contributed by atoms with Gasteiger partial charge < -0.3 is 19.5 Å². The van der Waals surface area contributed by atoms with Gasteiger partial charge in [0.05, 0.1) is 12.2 Å². The van der Waals surface area contributed by atoms with Gasteiger partial charge in [-0.15, -0.1) is 0 Å². The van der Waals surface area contributed by atoms with E-state index in [9.17, 15) is 4.79 Å². The van der Waals surface area contributed by atoms with Gasteiger partial charge in [-0.25, -0.2) is 0 Å². The molecule has 2 atom stereocenters. The number of para-hydroxylation sites is 2. The molecule has 1 saturated carbocycles. The van der Waals surface area contributed by atoms with Crippen LogP contribution >= 0.6 is 0 Å².